The van der Waals surface area contributed by atoms with Crippen LogP contribution in [0.3, 0.4) is 0 Å². The van der Waals surface area contributed by atoms with Crippen LogP contribution in [0.5, 0.6) is 0 Å². The number of halogens is 1. The Morgan fingerprint density at radius 2 is 1.81 bits per heavy atom. The van der Waals surface area contributed by atoms with E-state index in [1.807, 2.05) is 0 Å². The van der Waals surface area contributed by atoms with Crippen molar-refractivity contribution in [2.45, 2.75) is 31.7 Å². The summed E-state index contributed by atoms with van der Waals surface area (Å²) in [5, 5.41) is 11.2. The maximum absolute atomic E-state index is 11.1. The van der Waals surface area contributed by atoms with Gasteiger partial charge in [-0.3, -0.25) is 4.79 Å². The molecule has 0 heterocycles. The average molecular weight is 254 g/mol. The van der Waals surface area contributed by atoms with Gasteiger partial charge in [-0.15, -0.1) is 12.4 Å². The lowest BCUT2D eigenvalue weighted by molar-refractivity contribution is -0.142. The molecule has 0 aliphatic carbocycles. The Morgan fingerprint density at radius 3 is 2.25 bits per heavy atom. The monoisotopic (exact) mass is 253 g/mol. The summed E-state index contributed by atoms with van der Waals surface area (Å²) in [5.41, 5.74) is 10.5. The molecule has 16 heavy (non-hydrogen) atoms. The van der Waals surface area contributed by atoms with E-state index >= 15 is 0 Å². The Morgan fingerprint density at radius 1 is 1.19 bits per heavy atom. The van der Waals surface area contributed by atoms with E-state index in [0.717, 1.165) is 6.42 Å². The van der Waals surface area contributed by atoms with Crippen molar-refractivity contribution >= 4 is 24.3 Å². The molecule has 6 N–H and O–H groups in total. The molecular formula is C9H20ClN3O3. The van der Waals surface area contributed by atoms with Crippen LogP contribution in [0.1, 0.15) is 25.7 Å². The number of carboxylic acids is 1. The second-order valence-electron chi connectivity index (χ2n) is 3.28. The van der Waals surface area contributed by atoms with Crippen LogP contribution in [0, 0.1) is 0 Å². The summed E-state index contributed by atoms with van der Waals surface area (Å²) in [6, 6.07) is -0.824. The van der Waals surface area contributed by atoms with Crippen molar-refractivity contribution in [3.05, 3.63) is 0 Å². The number of hydrogen-bond donors (Lipinski definition) is 4. The van der Waals surface area contributed by atoms with Crippen molar-refractivity contribution in [1.82, 2.24) is 5.32 Å². The van der Waals surface area contributed by atoms with Gasteiger partial charge >= 0.3 is 5.97 Å². The number of nitrogens with one attached hydrogen (secondary N) is 1. The highest BCUT2D eigenvalue weighted by atomic mass is 35.5. The van der Waals surface area contributed by atoms with Gasteiger partial charge in [0.05, 0.1) is 0 Å². The summed E-state index contributed by atoms with van der Waals surface area (Å²) in [7, 11) is 0. The van der Waals surface area contributed by atoms with Crippen LogP contribution in [0.15, 0.2) is 0 Å². The molecule has 0 rings (SSSR count). The highest BCUT2D eigenvalue weighted by Gasteiger charge is 2.18. The Bertz CT molecular complexity index is 214. The number of nitrogens with two attached hydrogens (primary N) is 2. The van der Waals surface area contributed by atoms with Crippen molar-refractivity contribution in [3.63, 3.8) is 0 Å². The summed E-state index contributed by atoms with van der Waals surface area (Å²) in [6.45, 7) is 0.754. The van der Waals surface area contributed by atoms with E-state index in [2.05, 4.69) is 5.32 Å². The van der Waals surface area contributed by atoms with Gasteiger partial charge in [-0.1, -0.05) is 0 Å². The van der Waals surface area contributed by atoms with Crippen LogP contribution in [0.4, 0.5) is 0 Å². The van der Waals surface area contributed by atoms with Crippen LogP contribution in [-0.2, 0) is 9.59 Å². The number of hydrogen-bond acceptors (Lipinski definition) is 4. The van der Waals surface area contributed by atoms with E-state index in [9.17, 15) is 9.59 Å². The highest BCUT2D eigenvalue weighted by molar-refractivity contribution is 5.85. The SMILES string of the molecule is Cl.NCCCC[C@H](NC(=O)CCN)C(=O)O. The molecule has 7 heteroatoms. The molecule has 0 spiro atoms. The highest BCUT2D eigenvalue weighted by Crippen LogP contribution is 2.00. The van der Waals surface area contributed by atoms with E-state index < -0.39 is 12.0 Å². The average Bonchev–Trinajstić information content (AvgIpc) is 2.16. The van der Waals surface area contributed by atoms with Gasteiger partial charge in [0.25, 0.3) is 0 Å². The van der Waals surface area contributed by atoms with Crippen molar-refractivity contribution in [1.29, 1.82) is 0 Å². The standard InChI is InChI=1S/C9H19N3O3.ClH/c10-5-2-1-3-7(9(14)15)12-8(13)4-6-11;/h7H,1-6,10-11H2,(H,12,13)(H,14,15);1H/t7-;/m0./s1. The molecule has 6 nitrogen and oxygen atoms in total. The molecule has 96 valence electrons. The molecule has 0 fully saturated rings. The maximum atomic E-state index is 11.1. The van der Waals surface area contributed by atoms with Gasteiger partial charge in [0, 0.05) is 13.0 Å². The molecule has 0 bridgehead atoms. The van der Waals surface area contributed by atoms with E-state index in [0.29, 0.717) is 19.4 Å². The smallest absolute Gasteiger partial charge is 0.326 e. The minimum atomic E-state index is -1.02. The number of amides is 1. The predicted molar refractivity (Wildman–Crippen MR) is 63.4 cm³/mol. The number of unbranched alkanes of at least 4 members (excludes halogenated alkanes) is 1. The van der Waals surface area contributed by atoms with Gasteiger partial charge in [-0.2, -0.15) is 0 Å². The zero-order chi connectivity index (χ0) is 11.7. The second kappa shape index (κ2) is 10.7. The Labute approximate surface area is 101 Å². The topological polar surface area (TPSA) is 118 Å². The number of aliphatic carboxylic acids is 1. The summed E-state index contributed by atoms with van der Waals surface area (Å²) in [6.07, 6.45) is 2.01. The number of carboxylic acid groups (broad SMARTS) is 1. The molecule has 0 aliphatic heterocycles. The molecule has 0 aromatic carbocycles. The third kappa shape index (κ3) is 8.46. The van der Waals surface area contributed by atoms with Gasteiger partial charge < -0.3 is 21.9 Å². The molecule has 0 saturated carbocycles. The van der Waals surface area contributed by atoms with Crippen molar-refractivity contribution < 1.29 is 14.7 Å². The van der Waals surface area contributed by atoms with Gasteiger partial charge in [-0.25, -0.2) is 4.79 Å². The first-order valence-corrected chi connectivity index (χ1v) is 5.04. The first-order chi connectivity index (χ1) is 7.11. The lowest BCUT2D eigenvalue weighted by Gasteiger charge is -2.13. The Kier molecular flexibility index (Phi) is 11.7. The summed E-state index contributed by atoms with van der Waals surface area (Å²) >= 11 is 0. The minimum absolute atomic E-state index is 0. The fourth-order valence-corrected chi connectivity index (χ4v) is 1.15. The minimum Gasteiger partial charge on any atom is -0.480 e. The fourth-order valence-electron chi connectivity index (χ4n) is 1.15. The van der Waals surface area contributed by atoms with Crippen LogP contribution in [-0.4, -0.2) is 36.1 Å². The quantitative estimate of drug-likeness (QED) is 0.433. The molecule has 0 aromatic heterocycles. The number of carbonyl (C=O) groups excluding carboxylic acids is 1. The molecule has 0 unspecified atom stereocenters. The Balaban J connectivity index is 0. The summed E-state index contributed by atoms with van der Waals surface area (Å²) in [5.74, 6) is -1.34. The van der Waals surface area contributed by atoms with Crippen LogP contribution >= 0.6 is 12.4 Å². The lowest BCUT2D eigenvalue weighted by atomic mass is 10.1. The van der Waals surface area contributed by atoms with Gasteiger partial charge in [0.1, 0.15) is 6.04 Å². The third-order valence-corrected chi connectivity index (χ3v) is 1.95. The van der Waals surface area contributed by atoms with E-state index in [-0.39, 0.29) is 31.3 Å². The lowest BCUT2D eigenvalue weighted by Crippen LogP contribution is -2.41. The second-order valence-corrected chi connectivity index (χ2v) is 3.28. The van der Waals surface area contributed by atoms with Crippen LogP contribution in [0.25, 0.3) is 0 Å². The molecule has 0 aliphatic rings. The van der Waals surface area contributed by atoms with E-state index in [4.69, 9.17) is 16.6 Å². The van der Waals surface area contributed by atoms with Crippen molar-refractivity contribution in [3.8, 4) is 0 Å². The maximum Gasteiger partial charge on any atom is 0.326 e. The zero-order valence-electron chi connectivity index (χ0n) is 9.15. The molecule has 1 atom stereocenters. The van der Waals surface area contributed by atoms with Crippen molar-refractivity contribution in [2.24, 2.45) is 11.5 Å². The molecule has 0 radical (unpaired) electrons. The molecule has 1 amide bonds. The predicted octanol–water partition coefficient (Wildman–Crippen LogP) is -0.545. The van der Waals surface area contributed by atoms with Crippen molar-refractivity contribution in [2.75, 3.05) is 13.1 Å². The van der Waals surface area contributed by atoms with Crippen LogP contribution in [0.2, 0.25) is 0 Å². The number of rotatable bonds is 8. The zero-order valence-corrected chi connectivity index (χ0v) is 9.96. The van der Waals surface area contributed by atoms with Gasteiger partial charge in [0.15, 0.2) is 0 Å². The normalized spacial score (nSPS) is 11.4. The van der Waals surface area contributed by atoms with Crippen LogP contribution < -0.4 is 16.8 Å². The van der Waals surface area contributed by atoms with E-state index in [1.165, 1.54) is 0 Å². The molecule has 0 saturated heterocycles. The molecule has 0 aromatic rings. The largest absolute Gasteiger partial charge is 0.480 e. The van der Waals surface area contributed by atoms with E-state index in [1.54, 1.807) is 0 Å². The van der Waals surface area contributed by atoms with Gasteiger partial charge in [-0.05, 0) is 25.8 Å². The number of carbonyl (C=O) groups is 2. The summed E-state index contributed by atoms with van der Waals surface area (Å²) in [4.78, 5) is 21.9. The third-order valence-electron chi connectivity index (χ3n) is 1.95. The first-order valence-electron chi connectivity index (χ1n) is 5.04. The first kappa shape index (κ1) is 17.5. The Hall–Kier alpha value is -0.850. The summed E-state index contributed by atoms with van der Waals surface area (Å²) < 4.78 is 0. The molecular weight excluding hydrogens is 234 g/mol. The fraction of sp³-hybridized carbons (Fsp3) is 0.778. The van der Waals surface area contributed by atoms with Gasteiger partial charge in [0.2, 0.25) is 5.91 Å².